The number of para-hydroxylation sites is 1. The standard InChI is InChI=1S/C23H31N3O4/c1-23(2,3)19(27)14-25-18-13-9-8-12-17(18)21(16-10-6-4-5-7-11-16)24-26(22(25)30)15-20(28)29/h8-9,12-13,16H,4-7,10-11,14-15H2,1-3H3,(H,28,29). The molecule has 0 radical (unpaired) electrons. The second-order valence-corrected chi connectivity index (χ2v) is 9.18. The molecule has 0 bridgehead atoms. The third-order valence-electron chi connectivity index (χ3n) is 5.82. The van der Waals surface area contributed by atoms with Gasteiger partial charge in [0.2, 0.25) is 0 Å². The number of anilines is 1. The number of urea groups is 1. The molecule has 30 heavy (non-hydrogen) atoms. The predicted molar refractivity (Wildman–Crippen MR) is 116 cm³/mol. The number of hydrazone groups is 1. The minimum atomic E-state index is -1.14. The van der Waals surface area contributed by atoms with Crippen LogP contribution in [0.1, 0.15) is 64.9 Å². The fraction of sp³-hybridized carbons (Fsp3) is 0.565. The molecular formula is C23H31N3O4. The quantitative estimate of drug-likeness (QED) is 0.729. The number of carboxylic acid groups (broad SMARTS) is 1. The Kier molecular flexibility index (Phi) is 6.58. The number of carbonyl (C=O) groups is 3. The highest BCUT2D eigenvalue weighted by molar-refractivity contribution is 6.13. The molecule has 3 rings (SSSR count). The number of Topliss-reactive ketones (excluding diaryl/α,β-unsaturated/α-hetero) is 1. The predicted octanol–water partition coefficient (Wildman–Crippen LogP) is 4.30. The van der Waals surface area contributed by atoms with Crippen LogP contribution in [-0.4, -0.2) is 46.7 Å². The van der Waals surface area contributed by atoms with Crippen molar-refractivity contribution in [2.45, 2.75) is 59.3 Å². The van der Waals surface area contributed by atoms with E-state index in [-0.39, 0.29) is 18.2 Å². The Bertz CT molecular complexity index is 848. The Morgan fingerprint density at radius 3 is 2.30 bits per heavy atom. The molecule has 7 nitrogen and oxygen atoms in total. The second kappa shape index (κ2) is 8.98. The number of carboxylic acids is 1. The summed E-state index contributed by atoms with van der Waals surface area (Å²) >= 11 is 0. The number of aliphatic carboxylic acids is 1. The van der Waals surface area contributed by atoms with Gasteiger partial charge in [0.05, 0.1) is 17.9 Å². The van der Waals surface area contributed by atoms with Gasteiger partial charge in [-0.15, -0.1) is 0 Å². The van der Waals surface area contributed by atoms with E-state index in [4.69, 9.17) is 0 Å². The number of carbonyl (C=O) groups excluding carboxylic acids is 2. The van der Waals surface area contributed by atoms with Gasteiger partial charge >= 0.3 is 12.0 Å². The topological polar surface area (TPSA) is 90.3 Å². The monoisotopic (exact) mass is 413 g/mol. The molecule has 1 N–H and O–H groups in total. The first-order chi connectivity index (χ1) is 14.2. The maximum Gasteiger partial charge on any atom is 0.345 e. The molecule has 1 aliphatic heterocycles. The number of ketones is 1. The van der Waals surface area contributed by atoms with Gasteiger partial charge in [0.1, 0.15) is 6.54 Å². The van der Waals surface area contributed by atoms with Crippen molar-refractivity contribution in [2.75, 3.05) is 18.0 Å². The first kappa shape index (κ1) is 22.0. The zero-order valence-electron chi connectivity index (χ0n) is 18.1. The summed E-state index contributed by atoms with van der Waals surface area (Å²) in [5.41, 5.74) is 1.57. The van der Waals surface area contributed by atoms with Crippen LogP contribution in [0.15, 0.2) is 29.4 Å². The van der Waals surface area contributed by atoms with Gasteiger partial charge in [-0.2, -0.15) is 5.10 Å². The number of hydrogen-bond donors (Lipinski definition) is 1. The van der Waals surface area contributed by atoms with Gasteiger partial charge in [0.15, 0.2) is 5.78 Å². The molecular weight excluding hydrogens is 382 g/mol. The van der Waals surface area contributed by atoms with Crippen LogP contribution in [0.3, 0.4) is 0 Å². The maximum atomic E-state index is 13.3. The minimum Gasteiger partial charge on any atom is -0.480 e. The second-order valence-electron chi connectivity index (χ2n) is 9.18. The van der Waals surface area contributed by atoms with E-state index in [9.17, 15) is 19.5 Å². The Hall–Kier alpha value is -2.70. The maximum absolute atomic E-state index is 13.3. The molecule has 1 fully saturated rings. The van der Waals surface area contributed by atoms with Gasteiger partial charge in [-0.05, 0) is 18.9 Å². The van der Waals surface area contributed by atoms with E-state index in [2.05, 4.69) is 5.10 Å². The van der Waals surface area contributed by atoms with Crippen LogP contribution in [0, 0.1) is 11.3 Å². The van der Waals surface area contributed by atoms with Gasteiger partial charge < -0.3 is 5.11 Å². The van der Waals surface area contributed by atoms with Crippen LogP contribution in [0.25, 0.3) is 0 Å². The van der Waals surface area contributed by atoms with Crippen molar-refractivity contribution in [3.05, 3.63) is 29.8 Å². The van der Waals surface area contributed by atoms with E-state index in [1.165, 1.54) is 17.7 Å². The van der Waals surface area contributed by atoms with Crippen LogP contribution < -0.4 is 4.90 Å². The van der Waals surface area contributed by atoms with Crippen molar-refractivity contribution >= 4 is 29.2 Å². The van der Waals surface area contributed by atoms with Crippen molar-refractivity contribution in [3.8, 4) is 0 Å². The summed E-state index contributed by atoms with van der Waals surface area (Å²) in [6.45, 7) is 4.77. The fourth-order valence-electron chi connectivity index (χ4n) is 4.01. The van der Waals surface area contributed by atoms with Crippen molar-refractivity contribution in [3.63, 3.8) is 0 Å². The average Bonchev–Trinajstić information content (AvgIpc) is 3.01. The van der Waals surface area contributed by atoms with E-state index in [0.29, 0.717) is 5.69 Å². The lowest BCUT2D eigenvalue weighted by molar-refractivity contribution is -0.137. The summed E-state index contributed by atoms with van der Waals surface area (Å²) < 4.78 is 0. The Morgan fingerprint density at radius 2 is 1.70 bits per heavy atom. The van der Waals surface area contributed by atoms with Gasteiger partial charge in [0.25, 0.3) is 0 Å². The summed E-state index contributed by atoms with van der Waals surface area (Å²) in [6.07, 6.45) is 6.45. The van der Waals surface area contributed by atoms with Crippen molar-refractivity contribution in [1.82, 2.24) is 5.01 Å². The number of benzene rings is 1. The SMILES string of the molecule is CC(C)(C)C(=O)CN1C(=O)N(CC(=O)O)N=C(C2CCCCCC2)c2ccccc21. The highest BCUT2D eigenvalue weighted by Gasteiger charge is 2.36. The molecule has 1 saturated carbocycles. The molecule has 0 aromatic heterocycles. The molecule has 0 unspecified atom stereocenters. The molecule has 2 aliphatic rings. The van der Waals surface area contributed by atoms with Crippen molar-refractivity contribution < 1.29 is 19.5 Å². The largest absolute Gasteiger partial charge is 0.480 e. The van der Waals surface area contributed by atoms with Crippen LogP contribution >= 0.6 is 0 Å². The smallest absolute Gasteiger partial charge is 0.345 e. The lowest BCUT2D eigenvalue weighted by Crippen LogP contribution is -2.46. The minimum absolute atomic E-state index is 0.0983. The highest BCUT2D eigenvalue weighted by atomic mass is 16.4. The van der Waals surface area contributed by atoms with Gasteiger partial charge in [-0.3, -0.25) is 14.5 Å². The highest BCUT2D eigenvalue weighted by Crippen LogP contribution is 2.34. The lowest BCUT2D eigenvalue weighted by atomic mass is 9.88. The van der Waals surface area contributed by atoms with Crippen LogP contribution in [0.2, 0.25) is 0 Å². The number of fused-ring (bicyclic) bond motifs is 1. The molecule has 1 aromatic rings. The molecule has 162 valence electrons. The molecule has 2 amide bonds. The zero-order valence-corrected chi connectivity index (χ0v) is 18.1. The van der Waals surface area contributed by atoms with Gasteiger partial charge in [-0.25, -0.2) is 9.80 Å². The molecule has 1 aromatic carbocycles. The van der Waals surface area contributed by atoms with E-state index >= 15 is 0 Å². The van der Waals surface area contributed by atoms with E-state index in [0.717, 1.165) is 42.0 Å². The summed E-state index contributed by atoms with van der Waals surface area (Å²) in [6, 6.07) is 6.89. The van der Waals surface area contributed by atoms with Crippen LogP contribution in [0.4, 0.5) is 10.5 Å². The van der Waals surface area contributed by atoms with E-state index < -0.39 is 24.0 Å². The van der Waals surface area contributed by atoms with E-state index in [1.54, 1.807) is 0 Å². The third kappa shape index (κ3) is 4.89. The van der Waals surface area contributed by atoms with Gasteiger partial charge in [-0.1, -0.05) is 64.7 Å². The lowest BCUT2D eigenvalue weighted by Gasteiger charge is -2.28. The normalized spacial score (nSPS) is 18.4. The van der Waals surface area contributed by atoms with Crippen LogP contribution in [-0.2, 0) is 9.59 Å². The van der Waals surface area contributed by atoms with Crippen LogP contribution in [0.5, 0.6) is 0 Å². The van der Waals surface area contributed by atoms with Gasteiger partial charge in [0, 0.05) is 16.9 Å². The van der Waals surface area contributed by atoms with E-state index in [1.807, 2.05) is 45.0 Å². The average molecular weight is 414 g/mol. The number of nitrogens with zero attached hydrogens (tertiary/aromatic N) is 3. The van der Waals surface area contributed by atoms with Crippen molar-refractivity contribution in [1.29, 1.82) is 0 Å². The molecule has 7 heteroatoms. The number of amides is 2. The first-order valence-corrected chi connectivity index (χ1v) is 10.7. The fourth-order valence-corrected chi connectivity index (χ4v) is 4.01. The summed E-state index contributed by atoms with van der Waals surface area (Å²) in [4.78, 5) is 39.0. The first-order valence-electron chi connectivity index (χ1n) is 10.7. The Labute approximate surface area is 177 Å². The third-order valence-corrected chi connectivity index (χ3v) is 5.82. The molecule has 0 spiro atoms. The van der Waals surface area contributed by atoms with Crippen molar-refractivity contribution in [2.24, 2.45) is 16.4 Å². The Morgan fingerprint density at radius 1 is 1.07 bits per heavy atom. The number of hydrogen-bond acceptors (Lipinski definition) is 4. The molecule has 1 heterocycles. The Balaban J connectivity index is 2.09. The number of rotatable bonds is 5. The summed E-state index contributed by atoms with van der Waals surface area (Å²) in [7, 11) is 0. The summed E-state index contributed by atoms with van der Waals surface area (Å²) in [5.74, 6) is -1.07. The molecule has 0 saturated heterocycles. The molecule has 0 atom stereocenters. The zero-order chi connectivity index (χ0) is 21.9. The molecule has 1 aliphatic carbocycles. The summed E-state index contributed by atoms with van der Waals surface area (Å²) in [5, 5.41) is 15.0.